The Morgan fingerprint density at radius 1 is 1.38 bits per heavy atom. The van der Waals surface area contributed by atoms with Crippen LogP contribution in [0.2, 0.25) is 0 Å². The van der Waals surface area contributed by atoms with E-state index in [1.165, 1.54) is 5.56 Å². The van der Waals surface area contributed by atoms with Crippen molar-refractivity contribution >= 4 is 5.91 Å². The lowest BCUT2D eigenvalue weighted by molar-refractivity contribution is -0.120. The molecule has 0 aliphatic carbocycles. The molecule has 0 fully saturated rings. The van der Waals surface area contributed by atoms with Crippen molar-refractivity contribution < 1.29 is 4.79 Å². The highest BCUT2D eigenvalue weighted by Gasteiger charge is 2.18. The molecule has 1 aromatic rings. The first-order chi connectivity index (χ1) is 7.70. The van der Waals surface area contributed by atoms with Gasteiger partial charge in [0.15, 0.2) is 0 Å². The summed E-state index contributed by atoms with van der Waals surface area (Å²) in [4.78, 5) is 11.4. The van der Waals surface area contributed by atoms with E-state index >= 15 is 0 Å². The van der Waals surface area contributed by atoms with Gasteiger partial charge in [0, 0.05) is 0 Å². The van der Waals surface area contributed by atoms with Crippen LogP contribution in [0.3, 0.4) is 0 Å². The normalized spacial score (nSPS) is 12.4. The van der Waals surface area contributed by atoms with Crippen molar-refractivity contribution in [2.75, 3.05) is 6.54 Å². The van der Waals surface area contributed by atoms with Crippen LogP contribution >= 0.6 is 0 Å². The average molecular weight is 220 g/mol. The summed E-state index contributed by atoms with van der Waals surface area (Å²) in [6.45, 7) is 4.94. The lowest BCUT2D eigenvalue weighted by Crippen LogP contribution is -2.34. The first-order valence-electron chi connectivity index (χ1n) is 5.81. The number of primary amides is 1. The Bertz CT molecular complexity index is 350. The van der Waals surface area contributed by atoms with E-state index in [0.717, 1.165) is 24.9 Å². The summed E-state index contributed by atoms with van der Waals surface area (Å²) in [5.74, 6) is -0.311. The molecule has 1 unspecified atom stereocenters. The van der Waals surface area contributed by atoms with Crippen LogP contribution in [0.1, 0.15) is 37.4 Å². The van der Waals surface area contributed by atoms with Crippen LogP contribution in [-0.2, 0) is 11.2 Å². The summed E-state index contributed by atoms with van der Waals surface area (Å²) in [6.07, 6.45) is 1.89. The van der Waals surface area contributed by atoms with Crippen molar-refractivity contribution in [2.45, 2.75) is 32.7 Å². The summed E-state index contributed by atoms with van der Waals surface area (Å²) in [5, 5.41) is 3.19. The second-order valence-corrected chi connectivity index (χ2v) is 3.84. The lowest BCUT2D eigenvalue weighted by atomic mass is 9.98. The number of hydrogen-bond acceptors (Lipinski definition) is 2. The lowest BCUT2D eigenvalue weighted by Gasteiger charge is -2.18. The monoisotopic (exact) mass is 220 g/mol. The maximum atomic E-state index is 11.4. The maximum Gasteiger partial charge on any atom is 0.239 e. The first-order valence-corrected chi connectivity index (χ1v) is 5.81. The summed E-state index contributed by atoms with van der Waals surface area (Å²) in [7, 11) is 0. The Hall–Kier alpha value is -1.35. The van der Waals surface area contributed by atoms with E-state index in [1.807, 2.05) is 24.3 Å². The second kappa shape index (κ2) is 6.28. The van der Waals surface area contributed by atoms with Crippen molar-refractivity contribution in [2.24, 2.45) is 5.73 Å². The van der Waals surface area contributed by atoms with Crippen LogP contribution in [-0.4, -0.2) is 12.5 Å². The molecule has 0 heterocycles. The average Bonchev–Trinajstić information content (AvgIpc) is 2.29. The molecular formula is C13H20N2O. The van der Waals surface area contributed by atoms with Crippen molar-refractivity contribution in [1.29, 1.82) is 0 Å². The zero-order chi connectivity index (χ0) is 12.0. The van der Waals surface area contributed by atoms with E-state index in [1.54, 1.807) is 0 Å². The van der Waals surface area contributed by atoms with Gasteiger partial charge in [0.1, 0.15) is 6.04 Å². The fourth-order valence-electron chi connectivity index (χ4n) is 1.79. The number of nitrogens with two attached hydrogens (primary N) is 1. The third-order valence-corrected chi connectivity index (χ3v) is 2.63. The smallest absolute Gasteiger partial charge is 0.239 e. The topological polar surface area (TPSA) is 55.1 Å². The Balaban J connectivity index is 2.95. The number of aryl methyl sites for hydroxylation is 1. The second-order valence-electron chi connectivity index (χ2n) is 3.84. The molecule has 0 bridgehead atoms. The molecule has 1 amide bonds. The molecule has 1 rings (SSSR count). The van der Waals surface area contributed by atoms with Crippen molar-refractivity contribution in [3.8, 4) is 0 Å². The van der Waals surface area contributed by atoms with E-state index in [2.05, 4.69) is 19.2 Å². The standard InChI is InChI=1S/C13H20N2O/c1-3-9-15-12(13(14)16)11-8-6-5-7-10(11)4-2/h5-8,12,15H,3-4,9H2,1-2H3,(H2,14,16). The SMILES string of the molecule is CCCNC(C(N)=O)c1ccccc1CC. The van der Waals surface area contributed by atoms with Crippen molar-refractivity contribution in [3.05, 3.63) is 35.4 Å². The van der Waals surface area contributed by atoms with Gasteiger partial charge in [0.25, 0.3) is 0 Å². The fraction of sp³-hybridized carbons (Fsp3) is 0.462. The molecule has 3 nitrogen and oxygen atoms in total. The van der Waals surface area contributed by atoms with Gasteiger partial charge in [-0.3, -0.25) is 4.79 Å². The number of amides is 1. The Labute approximate surface area is 97.0 Å². The van der Waals surface area contributed by atoms with Crippen LogP contribution in [0.25, 0.3) is 0 Å². The number of carbonyl (C=O) groups is 1. The number of nitrogens with one attached hydrogen (secondary N) is 1. The molecule has 3 N–H and O–H groups in total. The largest absolute Gasteiger partial charge is 0.368 e. The molecule has 0 saturated heterocycles. The van der Waals surface area contributed by atoms with Crippen LogP contribution in [0.5, 0.6) is 0 Å². The number of carbonyl (C=O) groups excluding carboxylic acids is 1. The molecule has 0 saturated carbocycles. The van der Waals surface area contributed by atoms with Gasteiger partial charge >= 0.3 is 0 Å². The summed E-state index contributed by atoms with van der Waals surface area (Å²) in [5.41, 5.74) is 7.61. The molecule has 3 heteroatoms. The van der Waals surface area contributed by atoms with Gasteiger partial charge in [0.05, 0.1) is 0 Å². The van der Waals surface area contributed by atoms with Gasteiger partial charge < -0.3 is 11.1 Å². The molecule has 1 atom stereocenters. The third-order valence-electron chi connectivity index (χ3n) is 2.63. The zero-order valence-corrected chi connectivity index (χ0v) is 9.99. The molecular weight excluding hydrogens is 200 g/mol. The van der Waals surface area contributed by atoms with Crippen molar-refractivity contribution in [1.82, 2.24) is 5.32 Å². The fourth-order valence-corrected chi connectivity index (χ4v) is 1.79. The molecule has 0 aliphatic rings. The van der Waals surface area contributed by atoms with Gasteiger partial charge in [-0.25, -0.2) is 0 Å². The first kappa shape index (κ1) is 12.7. The van der Waals surface area contributed by atoms with E-state index in [4.69, 9.17) is 5.73 Å². The van der Waals surface area contributed by atoms with Crippen LogP contribution < -0.4 is 11.1 Å². The molecule has 1 aromatic carbocycles. The number of hydrogen-bond donors (Lipinski definition) is 2. The number of rotatable bonds is 6. The third kappa shape index (κ3) is 3.07. The quantitative estimate of drug-likeness (QED) is 0.767. The zero-order valence-electron chi connectivity index (χ0n) is 9.99. The summed E-state index contributed by atoms with van der Waals surface area (Å²) < 4.78 is 0. The van der Waals surface area contributed by atoms with Gasteiger partial charge in [-0.05, 0) is 30.5 Å². The maximum absolute atomic E-state index is 11.4. The molecule has 0 aliphatic heterocycles. The van der Waals surface area contributed by atoms with Gasteiger partial charge in [-0.15, -0.1) is 0 Å². The van der Waals surface area contributed by atoms with Crippen molar-refractivity contribution in [3.63, 3.8) is 0 Å². The molecule has 16 heavy (non-hydrogen) atoms. The Morgan fingerprint density at radius 3 is 2.62 bits per heavy atom. The van der Waals surface area contributed by atoms with E-state index in [-0.39, 0.29) is 11.9 Å². The molecule has 0 aromatic heterocycles. The van der Waals surface area contributed by atoms with Crippen LogP contribution in [0.15, 0.2) is 24.3 Å². The van der Waals surface area contributed by atoms with Gasteiger partial charge in [0.2, 0.25) is 5.91 Å². The Kier molecular flexibility index (Phi) is 4.99. The van der Waals surface area contributed by atoms with Gasteiger partial charge in [-0.1, -0.05) is 38.1 Å². The van der Waals surface area contributed by atoms with E-state index < -0.39 is 0 Å². The molecule has 0 radical (unpaired) electrons. The van der Waals surface area contributed by atoms with Gasteiger partial charge in [-0.2, -0.15) is 0 Å². The summed E-state index contributed by atoms with van der Waals surface area (Å²) in [6, 6.07) is 7.57. The number of benzene rings is 1. The highest BCUT2D eigenvalue weighted by molar-refractivity contribution is 5.81. The minimum atomic E-state index is -0.365. The van der Waals surface area contributed by atoms with Crippen LogP contribution in [0.4, 0.5) is 0 Å². The Morgan fingerprint density at radius 2 is 2.06 bits per heavy atom. The van der Waals surface area contributed by atoms with E-state index in [0.29, 0.717) is 0 Å². The predicted molar refractivity (Wildman–Crippen MR) is 66.0 cm³/mol. The minimum absolute atomic E-state index is 0.311. The minimum Gasteiger partial charge on any atom is -0.368 e. The van der Waals surface area contributed by atoms with Crippen LogP contribution in [0, 0.1) is 0 Å². The summed E-state index contributed by atoms with van der Waals surface area (Å²) >= 11 is 0. The highest BCUT2D eigenvalue weighted by atomic mass is 16.1. The van der Waals surface area contributed by atoms with E-state index in [9.17, 15) is 4.79 Å². The molecule has 88 valence electrons. The molecule has 0 spiro atoms. The predicted octanol–water partition coefficient (Wildman–Crippen LogP) is 1.77. The highest BCUT2D eigenvalue weighted by Crippen LogP contribution is 2.18.